The summed E-state index contributed by atoms with van der Waals surface area (Å²) in [7, 11) is 3.33. The van der Waals surface area contributed by atoms with Crippen molar-refractivity contribution in [1.29, 1.82) is 0 Å². The summed E-state index contributed by atoms with van der Waals surface area (Å²) in [5, 5.41) is 5.76. The number of likely N-dealkylation sites (N-methyl/N-ethyl adjacent to an activating group) is 1. The van der Waals surface area contributed by atoms with Crippen LogP contribution in [-0.4, -0.2) is 26.6 Å². The molecule has 1 aromatic carbocycles. The first-order chi connectivity index (χ1) is 9.76. The van der Waals surface area contributed by atoms with Crippen molar-refractivity contribution in [2.24, 2.45) is 0 Å². The molecule has 114 valence electrons. The Bertz CT molecular complexity index is 558. The Morgan fingerprint density at radius 2 is 2.05 bits per heavy atom. The van der Waals surface area contributed by atoms with Crippen LogP contribution in [0.1, 0.15) is 17.4 Å². The fraction of sp³-hybridized carbons (Fsp3) is 0.267. The summed E-state index contributed by atoms with van der Waals surface area (Å²) in [4.78, 5) is 11.9. The van der Waals surface area contributed by atoms with Gasteiger partial charge in [-0.3, -0.25) is 4.79 Å². The van der Waals surface area contributed by atoms with Crippen molar-refractivity contribution in [1.82, 2.24) is 10.6 Å². The van der Waals surface area contributed by atoms with Gasteiger partial charge in [0.1, 0.15) is 17.6 Å². The lowest BCUT2D eigenvalue weighted by atomic mass is 10.0. The van der Waals surface area contributed by atoms with E-state index in [9.17, 15) is 4.79 Å². The molecule has 0 aliphatic carbocycles. The molecule has 1 heterocycles. The zero-order chi connectivity index (χ0) is 14.4. The van der Waals surface area contributed by atoms with Gasteiger partial charge in [0.25, 0.3) is 0 Å². The Labute approximate surface area is 130 Å². The van der Waals surface area contributed by atoms with Crippen LogP contribution in [0.15, 0.2) is 47.1 Å². The molecular formula is C15H19ClN2O3. The van der Waals surface area contributed by atoms with Crippen molar-refractivity contribution in [2.75, 3.05) is 20.7 Å². The summed E-state index contributed by atoms with van der Waals surface area (Å²) < 4.78 is 10.8. The Hall–Kier alpha value is -1.98. The van der Waals surface area contributed by atoms with Crippen molar-refractivity contribution < 1.29 is 13.9 Å². The second kappa shape index (κ2) is 8.34. The fourth-order valence-corrected chi connectivity index (χ4v) is 2.04. The van der Waals surface area contributed by atoms with Gasteiger partial charge in [-0.25, -0.2) is 0 Å². The van der Waals surface area contributed by atoms with Gasteiger partial charge in [-0.05, 0) is 25.2 Å². The highest BCUT2D eigenvalue weighted by Gasteiger charge is 2.22. The van der Waals surface area contributed by atoms with Gasteiger partial charge in [0, 0.05) is 5.56 Å². The number of nitrogens with one attached hydrogen (secondary N) is 2. The maximum atomic E-state index is 11.9. The first kappa shape index (κ1) is 17.1. The van der Waals surface area contributed by atoms with Gasteiger partial charge < -0.3 is 19.8 Å². The number of benzene rings is 1. The van der Waals surface area contributed by atoms with Crippen LogP contribution >= 0.6 is 12.4 Å². The van der Waals surface area contributed by atoms with E-state index in [4.69, 9.17) is 9.15 Å². The lowest BCUT2D eigenvalue weighted by Crippen LogP contribution is -2.35. The molecule has 0 fully saturated rings. The molecule has 0 saturated carbocycles. The summed E-state index contributed by atoms with van der Waals surface area (Å²) >= 11 is 0. The number of rotatable bonds is 6. The zero-order valence-electron chi connectivity index (χ0n) is 12.0. The van der Waals surface area contributed by atoms with Crippen LogP contribution in [0.4, 0.5) is 0 Å². The Morgan fingerprint density at radius 1 is 1.29 bits per heavy atom. The van der Waals surface area contributed by atoms with E-state index in [1.807, 2.05) is 30.3 Å². The van der Waals surface area contributed by atoms with Crippen LogP contribution in [0.3, 0.4) is 0 Å². The third-order valence-corrected chi connectivity index (χ3v) is 2.92. The molecule has 0 bridgehead atoms. The van der Waals surface area contributed by atoms with E-state index in [1.165, 1.54) is 0 Å². The molecule has 2 N–H and O–H groups in total. The number of ether oxygens (including phenoxy) is 1. The predicted octanol–water partition coefficient (Wildman–Crippen LogP) is 2.14. The molecule has 0 aliphatic rings. The van der Waals surface area contributed by atoms with Crippen molar-refractivity contribution >= 4 is 18.3 Å². The van der Waals surface area contributed by atoms with Crippen molar-refractivity contribution in [3.05, 3.63) is 54.0 Å². The summed E-state index contributed by atoms with van der Waals surface area (Å²) in [6, 6.07) is 10.8. The molecule has 1 aromatic heterocycles. The number of furan rings is 1. The fourth-order valence-electron chi connectivity index (χ4n) is 2.04. The van der Waals surface area contributed by atoms with Crippen molar-refractivity contribution in [3.8, 4) is 5.75 Å². The average Bonchev–Trinajstić information content (AvgIpc) is 2.99. The second-order valence-electron chi connectivity index (χ2n) is 4.29. The lowest BCUT2D eigenvalue weighted by Gasteiger charge is -2.19. The summed E-state index contributed by atoms with van der Waals surface area (Å²) in [6.45, 7) is 0.242. The summed E-state index contributed by atoms with van der Waals surface area (Å²) in [5.41, 5.74) is 0.856. The average molecular weight is 311 g/mol. The molecule has 21 heavy (non-hydrogen) atoms. The van der Waals surface area contributed by atoms with Gasteiger partial charge in [0.15, 0.2) is 0 Å². The first-order valence-electron chi connectivity index (χ1n) is 6.36. The van der Waals surface area contributed by atoms with Crippen LogP contribution < -0.4 is 15.4 Å². The molecule has 5 nitrogen and oxygen atoms in total. The maximum Gasteiger partial charge on any atom is 0.234 e. The number of carbonyl (C=O) groups is 1. The minimum absolute atomic E-state index is 0. The number of carbonyl (C=O) groups excluding carboxylic acids is 1. The van der Waals surface area contributed by atoms with Crippen molar-refractivity contribution in [3.63, 3.8) is 0 Å². The van der Waals surface area contributed by atoms with Gasteiger partial charge in [0.2, 0.25) is 5.91 Å². The molecule has 2 rings (SSSR count). The van der Waals surface area contributed by atoms with Gasteiger partial charge in [0.05, 0.1) is 19.9 Å². The van der Waals surface area contributed by atoms with Crippen LogP contribution in [0, 0.1) is 0 Å². The van der Waals surface area contributed by atoms with Gasteiger partial charge >= 0.3 is 0 Å². The van der Waals surface area contributed by atoms with E-state index >= 15 is 0 Å². The minimum atomic E-state index is -0.373. The SMILES string of the molecule is CNCC(=O)NC(c1ccco1)c1ccccc1OC.Cl. The normalized spacial score (nSPS) is 11.3. The highest BCUT2D eigenvalue weighted by molar-refractivity contribution is 5.85. The smallest absolute Gasteiger partial charge is 0.234 e. The third kappa shape index (κ3) is 4.24. The Balaban J connectivity index is 0.00000220. The summed E-state index contributed by atoms with van der Waals surface area (Å²) in [5.74, 6) is 1.26. The third-order valence-electron chi connectivity index (χ3n) is 2.92. The number of hydrogen-bond acceptors (Lipinski definition) is 4. The minimum Gasteiger partial charge on any atom is -0.496 e. The number of hydrogen-bond donors (Lipinski definition) is 2. The van der Waals surface area contributed by atoms with E-state index in [2.05, 4.69) is 10.6 Å². The highest BCUT2D eigenvalue weighted by atomic mass is 35.5. The van der Waals surface area contributed by atoms with E-state index in [0.717, 1.165) is 5.56 Å². The molecule has 0 aliphatic heterocycles. The number of methoxy groups -OCH3 is 1. The number of amides is 1. The van der Waals surface area contributed by atoms with E-state index in [-0.39, 0.29) is 30.9 Å². The molecule has 1 atom stereocenters. The molecular weight excluding hydrogens is 292 g/mol. The van der Waals surface area contributed by atoms with E-state index in [0.29, 0.717) is 11.5 Å². The van der Waals surface area contributed by atoms with E-state index in [1.54, 1.807) is 26.5 Å². The van der Waals surface area contributed by atoms with Crippen LogP contribution in [0.25, 0.3) is 0 Å². The molecule has 6 heteroatoms. The number of para-hydroxylation sites is 1. The quantitative estimate of drug-likeness (QED) is 0.858. The van der Waals surface area contributed by atoms with Crippen LogP contribution in [-0.2, 0) is 4.79 Å². The van der Waals surface area contributed by atoms with Gasteiger partial charge in [-0.15, -0.1) is 12.4 Å². The predicted molar refractivity (Wildman–Crippen MR) is 82.9 cm³/mol. The van der Waals surface area contributed by atoms with E-state index < -0.39 is 0 Å². The van der Waals surface area contributed by atoms with Gasteiger partial charge in [-0.2, -0.15) is 0 Å². The van der Waals surface area contributed by atoms with Crippen LogP contribution in [0.5, 0.6) is 5.75 Å². The van der Waals surface area contributed by atoms with Gasteiger partial charge in [-0.1, -0.05) is 18.2 Å². The highest BCUT2D eigenvalue weighted by Crippen LogP contribution is 2.29. The van der Waals surface area contributed by atoms with Crippen molar-refractivity contribution in [2.45, 2.75) is 6.04 Å². The standard InChI is InChI=1S/C15H18N2O3.ClH/c1-16-10-14(18)17-15(13-8-5-9-20-13)11-6-3-4-7-12(11)19-2;/h3-9,15-16H,10H2,1-2H3,(H,17,18);1H. The van der Waals surface area contributed by atoms with Crippen LogP contribution in [0.2, 0.25) is 0 Å². The Morgan fingerprint density at radius 3 is 2.67 bits per heavy atom. The number of halogens is 1. The molecule has 1 unspecified atom stereocenters. The topological polar surface area (TPSA) is 63.5 Å². The monoisotopic (exact) mass is 310 g/mol. The largest absolute Gasteiger partial charge is 0.496 e. The molecule has 2 aromatic rings. The second-order valence-corrected chi connectivity index (χ2v) is 4.29. The molecule has 0 radical (unpaired) electrons. The Kier molecular flexibility index (Phi) is 6.78. The summed E-state index contributed by atoms with van der Waals surface area (Å²) in [6.07, 6.45) is 1.59. The molecule has 1 amide bonds. The zero-order valence-corrected chi connectivity index (χ0v) is 12.8. The molecule has 0 saturated heterocycles. The molecule has 0 spiro atoms. The first-order valence-corrected chi connectivity index (χ1v) is 6.36. The maximum absolute atomic E-state index is 11.9. The lowest BCUT2D eigenvalue weighted by molar-refractivity contribution is -0.120.